The maximum atomic E-state index is 13.3. The molecule has 2 aromatic carbocycles. The van der Waals surface area contributed by atoms with Crippen LogP contribution in [0.4, 0.5) is 0 Å². The summed E-state index contributed by atoms with van der Waals surface area (Å²) < 4.78 is 27.8. The van der Waals surface area contributed by atoms with Crippen LogP contribution in [0.1, 0.15) is 17.2 Å². The lowest BCUT2D eigenvalue weighted by atomic mass is 9.87. The summed E-state index contributed by atoms with van der Waals surface area (Å²) in [6.45, 7) is -0.349. The van der Waals surface area contributed by atoms with Crippen LogP contribution in [0.25, 0.3) is 6.08 Å². The zero-order valence-electron chi connectivity index (χ0n) is 16.8. The summed E-state index contributed by atoms with van der Waals surface area (Å²) in [5.74, 6) is -1.89. The van der Waals surface area contributed by atoms with E-state index in [0.717, 1.165) is 16.4 Å². The Morgan fingerprint density at radius 3 is 2.34 bits per heavy atom. The summed E-state index contributed by atoms with van der Waals surface area (Å²) in [5, 5.41) is 29.2. The van der Waals surface area contributed by atoms with Gasteiger partial charge < -0.3 is 15.3 Å². The highest BCUT2D eigenvalue weighted by molar-refractivity contribution is 7.89. The zero-order valence-corrected chi connectivity index (χ0v) is 17.6. The number of carbonyl (C=O) groups is 1. The Balaban J connectivity index is 1.79. The molecule has 0 amide bonds. The van der Waals surface area contributed by atoms with Crippen molar-refractivity contribution in [3.63, 3.8) is 0 Å². The van der Waals surface area contributed by atoms with E-state index >= 15 is 0 Å². The number of hydrogen-bond acceptors (Lipinski definition) is 7. The van der Waals surface area contributed by atoms with Gasteiger partial charge in [-0.1, -0.05) is 18.2 Å². The average molecular weight is 452 g/mol. The van der Waals surface area contributed by atoms with Gasteiger partial charge >= 0.3 is 0 Å². The summed E-state index contributed by atoms with van der Waals surface area (Å²) in [5.41, 5.74) is 1.30. The summed E-state index contributed by atoms with van der Waals surface area (Å²) in [6, 6.07) is 14.4. The molecule has 0 saturated carbocycles. The Kier molecular flexibility index (Phi) is 5.68. The van der Waals surface area contributed by atoms with Crippen molar-refractivity contribution in [2.45, 2.75) is 10.8 Å². The minimum Gasteiger partial charge on any atom is -0.508 e. The first-order chi connectivity index (χ1) is 15.3. The van der Waals surface area contributed by atoms with E-state index in [0.29, 0.717) is 11.3 Å². The Hall–Kier alpha value is -3.69. The van der Waals surface area contributed by atoms with Crippen molar-refractivity contribution in [2.75, 3.05) is 13.1 Å². The number of benzene rings is 2. The smallest absolute Gasteiger partial charge is 0.247 e. The topological polar surface area (TPSA) is 128 Å². The number of rotatable bonds is 4. The highest BCUT2D eigenvalue weighted by Crippen LogP contribution is 2.35. The summed E-state index contributed by atoms with van der Waals surface area (Å²) >= 11 is 0. The van der Waals surface area contributed by atoms with Gasteiger partial charge in [0.05, 0.1) is 11.6 Å². The summed E-state index contributed by atoms with van der Waals surface area (Å²) in [4.78, 5) is 17.1. The second-order valence-electron chi connectivity index (χ2n) is 7.38. The fourth-order valence-electron chi connectivity index (χ4n) is 3.61. The predicted molar refractivity (Wildman–Crippen MR) is 117 cm³/mol. The van der Waals surface area contributed by atoms with Crippen molar-refractivity contribution in [2.24, 2.45) is 0 Å². The highest BCUT2D eigenvalue weighted by atomic mass is 32.2. The number of Topliss-reactive ketones (excluding diaryl/α,β-unsaturated/α-hetero) is 1. The van der Waals surface area contributed by atoms with E-state index in [1.54, 1.807) is 42.6 Å². The van der Waals surface area contributed by atoms with Gasteiger partial charge in [0, 0.05) is 30.9 Å². The molecule has 8 nitrogen and oxygen atoms in total. The number of piperidine rings is 1. The first-order valence-corrected chi connectivity index (χ1v) is 11.2. The Bertz CT molecular complexity index is 1290. The van der Waals surface area contributed by atoms with Gasteiger partial charge in [0.1, 0.15) is 22.1 Å². The standard InChI is InChI=1S/C23H20N2O6S/c26-18-6-4-15(5-7-18)20-14-25(32(30,31)22-9-8-19(27)12-21(22)28)13-16(23(20)29)11-17-3-1-2-10-24-17/h1-12,20,26-28H,13-14H2/b16-11-. The number of pyridine rings is 1. The van der Waals surface area contributed by atoms with Gasteiger partial charge in [-0.15, -0.1) is 0 Å². The Morgan fingerprint density at radius 1 is 0.969 bits per heavy atom. The highest BCUT2D eigenvalue weighted by Gasteiger charge is 2.39. The number of ketones is 1. The van der Waals surface area contributed by atoms with E-state index < -0.39 is 21.7 Å². The molecule has 164 valence electrons. The van der Waals surface area contributed by atoms with E-state index in [4.69, 9.17) is 0 Å². The maximum Gasteiger partial charge on any atom is 0.247 e. The van der Waals surface area contributed by atoms with Crippen molar-refractivity contribution >= 4 is 21.9 Å². The Labute approximate surface area is 184 Å². The molecular formula is C23H20N2O6S. The molecular weight excluding hydrogens is 432 g/mol. The van der Waals surface area contributed by atoms with E-state index in [1.807, 2.05) is 0 Å². The van der Waals surface area contributed by atoms with Crippen LogP contribution in [0.2, 0.25) is 0 Å². The molecule has 1 atom stereocenters. The fourth-order valence-corrected chi connectivity index (χ4v) is 5.10. The maximum absolute atomic E-state index is 13.3. The largest absolute Gasteiger partial charge is 0.508 e. The molecule has 3 aromatic rings. The van der Waals surface area contributed by atoms with Crippen molar-refractivity contribution in [1.29, 1.82) is 0 Å². The normalized spacial score (nSPS) is 18.7. The van der Waals surface area contributed by atoms with Crippen LogP contribution in [0.3, 0.4) is 0 Å². The molecule has 1 aliphatic rings. The predicted octanol–water partition coefficient (Wildman–Crippen LogP) is 2.64. The molecule has 2 heterocycles. The number of phenolic OH excluding ortho intramolecular Hbond substituents is 3. The first-order valence-electron chi connectivity index (χ1n) is 9.72. The molecule has 0 spiro atoms. The molecule has 0 bridgehead atoms. The molecule has 9 heteroatoms. The van der Waals surface area contributed by atoms with Gasteiger partial charge in [-0.05, 0) is 48.0 Å². The van der Waals surface area contributed by atoms with Crippen LogP contribution < -0.4 is 0 Å². The Morgan fingerprint density at radius 2 is 1.69 bits per heavy atom. The van der Waals surface area contributed by atoms with Crippen molar-refractivity contribution in [3.05, 3.63) is 83.7 Å². The summed E-state index contributed by atoms with van der Waals surface area (Å²) in [6.07, 6.45) is 3.12. The lowest BCUT2D eigenvalue weighted by Crippen LogP contribution is -2.44. The second kappa shape index (κ2) is 8.45. The van der Waals surface area contributed by atoms with Crippen LogP contribution in [-0.2, 0) is 14.8 Å². The molecule has 0 aliphatic carbocycles. The van der Waals surface area contributed by atoms with Crippen LogP contribution in [0.5, 0.6) is 17.2 Å². The van der Waals surface area contributed by atoms with Gasteiger partial charge in [-0.25, -0.2) is 8.42 Å². The zero-order chi connectivity index (χ0) is 22.9. The van der Waals surface area contributed by atoms with Crippen molar-refractivity contribution < 1.29 is 28.5 Å². The number of carbonyl (C=O) groups excluding carboxylic acids is 1. The molecule has 1 aromatic heterocycles. The molecule has 1 unspecified atom stereocenters. The summed E-state index contributed by atoms with van der Waals surface area (Å²) in [7, 11) is -4.20. The van der Waals surface area contributed by atoms with Gasteiger partial charge in [-0.3, -0.25) is 9.78 Å². The van der Waals surface area contributed by atoms with E-state index in [9.17, 15) is 28.5 Å². The lowest BCUT2D eigenvalue weighted by molar-refractivity contribution is -0.118. The third-order valence-electron chi connectivity index (χ3n) is 5.23. The first kappa shape index (κ1) is 21.5. The van der Waals surface area contributed by atoms with Gasteiger partial charge in [0.25, 0.3) is 0 Å². The quantitative estimate of drug-likeness (QED) is 0.519. The van der Waals surface area contributed by atoms with E-state index in [-0.39, 0.29) is 40.8 Å². The molecule has 4 rings (SSSR count). The van der Waals surface area contributed by atoms with Crippen LogP contribution in [0.15, 0.2) is 77.3 Å². The van der Waals surface area contributed by atoms with E-state index in [1.165, 1.54) is 18.2 Å². The van der Waals surface area contributed by atoms with Crippen molar-refractivity contribution in [1.82, 2.24) is 9.29 Å². The third-order valence-corrected chi connectivity index (χ3v) is 7.09. The average Bonchev–Trinajstić information content (AvgIpc) is 2.76. The number of aromatic hydroxyl groups is 3. The monoisotopic (exact) mass is 452 g/mol. The van der Waals surface area contributed by atoms with Gasteiger partial charge in [0.2, 0.25) is 10.0 Å². The second-order valence-corrected chi connectivity index (χ2v) is 9.29. The van der Waals surface area contributed by atoms with Gasteiger partial charge in [-0.2, -0.15) is 4.31 Å². The molecule has 3 N–H and O–H groups in total. The molecule has 0 radical (unpaired) electrons. The fraction of sp³-hybridized carbons (Fsp3) is 0.130. The lowest BCUT2D eigenvalue weighted by Gasteiger charge is -2.33. The number of sulfonamides is 1. The van der Waals surface area contributed by atoms with Crippen LogP contribution in [0, 0.1) is 0 Å². The minimum absolute atomic E-state index is 0.0275. The van der Waals surface area contributed by atoms with Gasteiger partial charge in [0.15, 0.2) is 5.78 Å². The number of hydrogen-bond donors (Lipinski definition) is 3. The SMILES string of the molecule is O=C1/C(=C\c2ccccn2)CN(S(=O)(=O)c2ccc(O)cc2O)CC1c1ccc(O)cc1. The van der Waals surface area contributed by atoms with Crippen LogP contribution in [-0.4, -0.2) is 51.9 Å². The number of nitrogens with zero attached hydrogens (tertiary/aromatic N) is 2. The third kappa shape index (κ3) is 4.20. The van der Waals surface area contributed by atoms with Crippen molar-refractivity contribution in [3.8, 4) is 17.2 Å². The number of phenols is 3. The minimum atomic E-state index is -4.20. The van der Waals surface area contributed by atoms with E-state index in [2.05, 4.69) is 4.98 Å². The molecule has 1 aliphatic heterocycles. The molecule has 32 heavy (non-hydrogen) atoms. The van der Waals surface area contributed by atoms with Crippen LogP contribution >= 0.6 is 0 Å². The molecule has 1 saturated heterocycles. The molecule has 1 fully saturated rings. The number of aromatic nitrogens is 1.